The second kappa shape index (κ2) is 7.36. The molecule has 1 heterocycles. The summed E-state index contributed by atoms with van der Waals surface area (Å²) in [7, 11) is -2.32. The minimum absolute atomic E-state index is 0.0416. The molecule has 0 aliphatic heterocycles. The standard InChI is InChI=1S/C17H15FN4O3S/c1-25-15-5-3-2-4-14(15)19-16-10-11-17(21-20-16)22-26(23,24)13-8-6-12(18)7-9-13/h2-11H,1H3,(H,19,20)(H,21,22). The van der Waals surface area contributed by atoms with Crippen LogP contribution in [0.1, 0.15) is 0 Å². The van der Waals surface area contributed by atoms with Gasteiger partial charge in [0.2, 0.25) is 0 Å². The fourth-order valence-corrected chi connectivity index (χ4v) is 3.15. The predicted molar refractivity (Wildman–Crippen MR) is 95.5 cm³/mol. The third-order valence-electron chi connectivity index (χ3n) is 3.40. The first kappa shape index (κ1) is 17.6. The molecule has 0 fully saturated rings. The monoisotopic (exact) mass is 374 g/mol. The van der Waals surface area contributed by atoms with Crippen molar-refractivity contribution in [3.05, 3.63) is 66.5 Å². The van der Waals surface area contributed by atoms with Crippen molar-refractivity contribution < 1.29 is 17.5 Å². The molecule has 0 saturated carbocycles. The van der Waals surface area contributed by atoms with Crippen molar-refractivity contribution in [2.45, 2.75) is 4.90 Å². The van der Waals surface area contributed by atoms with Gasteiger partial charge < -0.3 is 10.1 Å². The van der Waals surface area contributed by atoms with Crippen LogP contribution < -0.4 is 14.8 Å². The van der Waals surface area contributed by atoms with Gasteiger partial charge in [0.15, 0.2) is 11.6 Å². The molecule has 1 aromatic heterocycles. The van der Waals surface area contributed by atoms with Crippen LogP contribution in [-0.2, 0) is 10.0 Å². The average Bonchev–Trinajstić information content (AvgIpc) is 2.64. The number of hydrogen-bond donors (Lipinski definition) is 2. The molecule has 2 aromatic carbocycles. The van der Waals surface area contributed by atoms with Crippen LogP contribution in [0.2, 0.25) is 0 Å². The third-order valence-corrected chi connectivity index (χ3v) is 4.77. The number of rotatable bonds is 6. The SMILES string of the molecule is COc1ccccc1Nc1ccc(NS(=O)(=O)c2ccc(F)cc2)nn1. The molecule has 2 N–H and O–H groups in total. The Hall–Kier alpha value is -3.20. The number of hydrogen-bond acceptors (Lipinski definition) is 6. The van der Waals surface area contributed by atoms with Crippen molar-refractivity contribution in [3.8, 4) is 5.75 Å². The molecular weight excluding hydrogens is 359 g/mol. The Balaban J connectivity index is 1.74. The number of benzene rings is 2. The van der Waals surface area contributed by atoms with Crippen molar-refractivity contribution >= 4 is 27.3 Å². The molecule has 7 nitrogen and oxygen atoms in total. The van der Waals surface area contributed by atoms with Crippen LogP contribution in [-0.4, -0.2) is 25.7 Å². The van der Waals surface area contributed by atoms with E-state index in [4.69, 9.17) is 4.74 Å². The highest BCUT2D eigenvalue weighted by molar-refractivity contribution is 7.92. The second-order valence-corrected chi connectivity index (χ2v) is 6.87. The third kappa shape index (κ3) is 4.06. The molecule has 3 aromatic rings. The molecule has 0 spiro atoms. The molecule has 3 rings (SSSR count). The Morgan fingerprint density at radius 3 is 2.23 bits per heavy atom. The second-order valence-electron chi connectivity index (χ2n) is 5.19. The summed E-state index contributed by atoms with van der Waals surface area (Å²) in [6.45, 7) is 0. The molecular formula is C17H15FN4O3S. The zero-order valence-corrected chi connectivity index (χ0v) is 14.5. The molecule has 0 bridgehead atoms. The van der Waals surface area contributed by atoms with Crippen LogP contribution in [0.25, 0.3) is 0 Å². The van der Waals surface area contributed by atoms with E-state index < -0.39 is 15.8 Å². The lowest BCUT2D eigenvalue weighted by molar-refractivity contribution is 0.417. The van der Waals surface area contributed by atoms with Gasteiger partial charge in [0.1, 0.15) is 11.6 Å². The largest absolute Gasteiger partial charge is 0.495 e. The smallest absolute Gasteiger partial charge is 0.263 e. The van der Waals surface area contributed by atoms with Crippen molar-refractivity contribution in [2.24, 2.45) is 0 Å². The normalized spacial score (nSPS) is 11.0. The maximum atomic E-state index is 12.9. The average molecular weight is 374 g/mol. The number of nitrogens with zero attached hydrogens (tertiary/aromatic N) is 2. The molecule has 0 amide bonds. The van der Waals surface area contributed by atoms with Crippen LogP contribution in [0, 0.1) is 5.82 Å². The highest BCUT2D eigenvalue weighted by Crippen LogP contribution is 2.26. The first-order valence-electron chi connectivity index (χ1n) is 7.50. The van der Waals surface area contributed by atoms with Crippen LogP contribution in [0.15, 0.2) is 65.6 Å². The highest BCUT2D eigenvalue weighted by atomic mass is 32.2. The minimum atomic E-state index is -3.87. The van der Waals surface area contributed by atoms with Gasteiger partial charge in [0.25, 0.3) is 10.0 Å². The quantitative estimate of drug-likeness (QED) is 0.688. The summed E-state index contributed by atoms with van der Waals surface area (Å²) in [5, 5.41) is 10.8. The molecule has 0 unspecified atom stereocenters. The van der Waals surface area contributed by atoms with Crippen molar-refractivity contribution in [1.82, 2.24) is 10.2 Å². The van der Waals surface area contributed by atoms with E-state index in [2.05, 4.69) is 20.2 Å². The summed E-state index contributed by atoms with van der Waals surface area (Å²) in [5.41, 5.74) is 0.698. The van der Waals surface area contributed by atoms with E-state index in [0.717, 1.165) is 12.1 Å². The van der Waals surface area contributed by atoms with Gasteiger partial charge in [-0.25, -0.2) is 12.8 Å². The van der Waals surface area contributed by atoms with Crippen molar-refractivity contribution in [3.63, 3.8) is 0 Å². The zero-order valence-electron chi connectivity index (χ0n) is 13.7. The Morgan fingerprint density at radius 2 is 1.58 bits per heavy atom. The van der Waals surface area contributed by atoms with Gasteiger partial charge in [0.05, 0.1) is 17.7 Å². The molecule has 0 radical (unpaired) electrons. The van der Waals surface area contributed by atoms with E-state index in [-0.39, 0.29) is 10.7 Å². The summed E-state index contributed by atoms with van der Waals surface area (Å²) in [4.78, 5) is -0.0723. The molecule has 134 valence electrons. The van der Waals surface area contributed by atoms with E-state index in [1.807, 2.05) is 18.2 Å². The molecule has 0 aliphatic carbocycles. The molecule has 9 heteroatoms. The van der Waals surface area contributed by atoms with E-state index in [1.54, 1.807) is 19.2 Å². The Kier molecular flexibility index (Phi) is 4.99. The molecule has 26 heavy (non-hydrogen) atoms. The van der Waals surface area contributed by atoms with E-state index in [9.17, 15) is 12.8 Å². The van der Waals surface area contributed by atoms with Gasteiger partial charge in [-0.2, -0.15) is 0 Å². The van der Waals surface area contributed by atoms with Crippen LogP contribution in [0.5, 0.6) is 5.75 Å². The molecule has 0 saturated heterocycles. The van der Waals surface area contributed by atoms with Crippen molar-refractivity contribution in [1.29, 1.82) is 0 Å². The lowest BCUT2D eigenvalue weighted by Crippen LogP contribution is -2.14. The zero-order chi connectivity index (χ0) is 18.6. The summed E-state index contributed by atoms with van der Waals surface area (Å²) in [5.74, 6) is 0.574. The molecule has 0 atom stereocenters. The summed E-state index contributed by atoms with van der Waals surface area (Å²) < 4.78 is 44.9. The first-order valence-corrected chi connectivity index (χ1v) is 8.98. The number of para-hydroxylation sites is 2. The number of halogens is 1. The summed E-state index contributed by atoms with van der Waals surface area (Å²) >= 11 is 0. The van der Waals surface area contributed by atoms with E-state index in [0.29, 0.717) is 17.3 Å². The van der Waals surface area contributed by atoms with E-state index >= 15 is 0 Å². The Bertz CT molecular complexity index is 993. The number of methoxy groups -OCH3 is 1. The van der Waals surface area contributed by atoms with Gasteiger partial charge in [-0.3, -0.25) is 4.72 Å². The number of ether oxygens (including phenoxy) is 1. The lowest BCUT2D eigenvalue weighted by Gasteiger charge is -2.10. The number of aromatic nitrogens is 2. The predicted octanol–water partition coefficient (Wildman–Crippen LogP) is 3.17. The van der Waals surface area contributed by atoms with Gasteiger partial charge in [-0.1, -0.05) is 12.1 Å². The van der Waals surface area contributed by atoms with Crippen LogP contribution in [0.4, 0.5) is 21.7 Å². The maximum absolute atomic E-state index is 12.9. The number of sulfonamides is 1. The fourth-order valence-electron chi connectivity index (χ4n) is 2.15. The highest BCUT2D eigenvalue weighted by Gasteiger charge is 2.15. The fraction of sp³-hybridized carbons (Fsp3) is 0.0588. The lowest BCUT2D eigenvalue weighted by atomic mass is 10.3. The van der Waals surface area contributed by atoms with E-state index in [1.165, 1.54) is 18.2 Å². The first-order chi connectivity index (χ1) is 12.5. The van der Waals surface area contributed by atoms with Gasteiger partial charge >= 0.3 is 0 Å². The maximum Gasteiger partial charge on any atom is 0.263 e. The van der Waals surface area contributed by atoms with Gasteiger partial charge in [-0.05, 0) is 48.5 Å². The Morgan fingerprint density at radius 1 is 0.923 bits per heavy atom. The summed E-state index contributed by atoms with van der Waals surface area (Å²) in [6, 6.07) is 14.8. The number of anilines is 3. The summed E-state index contributed by atoms with van der Waals surface area (Å²) in [6.07, 6.45) is 0. The molecule has 0 aliphatic rings. The topological polar surface area (TPSA) is 93.2 Å². The minimum Gasteiger partial charge on any atom is -0.495 e. The van der Waals surface area contributed by atoms with Gasteiger partial charge in [0, 0.05) is 0 Å². The van der Waals surface area contributed by atoms with Crippen LogP contribution >= 0.6 is 0 Å². The Labute approximate surface area is 149 Å². The number of nitrogens with one attached hydrogen (secondary N) is 2. The van der Waals surface area contributed by atoms with Gasteiger partial charge in [-0.15, -0.1) is 10.2 Å². The van der Waals surface area contributed by atoms with Crippen LogP contribution in [0.3, 0.4) is 0 Å². The van der Waals surface area contributed by atoms with Crippen molar-refractivity contribution in [2.75, 3.05) is 17.1 Å².